The fourth-order valence-electron chi connectivity index (χ4n) is 2.63. The topological polar surface area (TPSA) is 47.7 Å². The number of ether oxygens (including phenoxy) is 2. The summed E-state index contributed by atoms with van der Waals surface area (Å²) in [4.78, 5) is 2.46. The van der Waals surface area contributed by atoms with Gasteiger partial charge in [0.15, 0.2) is 0 Å². The fraction of sp³-hybridized carbons (Fsp3) is 0.647. The van der Waals surface area contributed by atoms with Gasteiger partial charge in [-0.25, -0.2) is 0 Å². The van der Waals surface area contributed by atoms with Crippen molar-refractivity contribution in [1.82, 2.24) is 4.90 Å². The summed E-state index contributed by atoms with van der Waals surface area (Å²) in [5.41, 5.74) is 6.72. The molecule has 0 saturated carbocycles. The molecule has 0 unspecified atom stereocenters. The predicted octanol–water partition coefficient (Wildman–Crippen LogP) is 2.20. The van der Waals surface area contributed by atoms with Gasteiger partial charge >= 0.3 is 0 Å². The van der Waals surface area contributed by atoms with Crippen LogP contribution < -0.4 is 10.5 Å². The van der Waals surface area contributed by atoms with E-state index >= 15 is 0 Å². The first-order valence-corrected chi connectivity index (χ1v) is 8.01. The first-order valence-electron chi connectivity index (χ1n) is 8.01. The Labute approximate surface area is 128 Å². The fourth-order valence-corrected chi connectivity index (χ4v) is 2.63. The molecule has 1 aromatic rings. The summed E-state index contributed by atoms with van der Waals surface area (Å²) in [5, 5.41) is 0. The minimum absolute atomic E-state index is 0.422. The van der Waals surface area contributed by atoms with E-state index in [-0.39, 0.29) is 0 Å². The molecule has 0 spiro atoms. The second kappa shape index (κ2) is 9.03. The van der Waals surface area contributed by atoms with Gasteiger partial charge in [0.25, 0.3) is 0 Å². The van der Waals surface area contributed by atoms with Crippen molar-refractivity contribution in [1.29, 1.82) is 0 Å². The number of likely N-dealkylation sites (tertiary alicyclic amines) is 1. The van der Waals surface area contributed by atoms with E-state index in [0.717, 1.165) is 64.4 Å². The first kappa shape index (κ1) is 16.3. The van der Waals surface area contributed by atoms with Gasteiger partial charge in [-0.15, -0.1) is 0 Å². The molecule has 0 bridgehead atoms. The zero-order valence-electron chi connectivity index (χ0n) is 13.1. The Balaban J connectivity index is 1.58. The third-order valence-corrected chi connectivity index (χ3v) is 3.90. The van der Waals surface area contributed by atoms with E-state index in [0.29, 0.717) is 6.10 Å². The normalized spacial score (nSPS) is 17.0. The Kier molecular flexibility index (Phi) is 7.00. The van der Waals surface area contributed by atoms with Crippen LogP contribution in [0.25, 0.3) is 0 Å². The molecular formula is C17H28N2O2. The predicted molar refractivity (Wildman–Crippen MR) is 85.8 cm³/mol. The van der Waals surface area contributed by atoms with Crippen LogP contribution in [0.15, 0.2) is 24.3 Å². The number of piperidine rings is 1. The average Bonchev–Trinajstić information content (AvgIpc) is 2.49. The highest BCUT2D eigenvalue weighted by Crippen LogP contribution is 2.15. The highest BCUT2D eigenvalue weighted by atomic mass is 16.5. The summed E-state index contributed by atoms with van der Waals surface area (Å²) in [7, 11) is 0. The van der Waals surface area contributed by atoms with Crippen molar-refractivity contribution in [3.8, 4) is 5.75 Å². The van der Waals surface area contributed by atoms with Gasteiger partial charge in [-0.2, -0.15) is 0 Å². The molecule has 2 rings (SSSR count). The van der Waals surface area contributed by atoms with E-state index in [9.17, 15) is 0 Å². The molecule has 118 valence electrons. The van der Waals surface area contributed by atoms with Crippen molar-refractivity contribution in [3.63, 3.8) is 0 Å². The van der Waals surface area contributed by atoms with Crippen molar-refractivity contribution in [3.05, 3.63) is 29.8 Å². The minimum atomic E-state index is 0.422. The molecule has 21 heavy (non-hydrogen) atoms. The summed E-state index contributed by atoms with van der Waals surface area (Å²) in [6, 6.07) is 8.22. The molecule has 1 aliphatic heterocycles. The van der Waals surface area contributed by atoms with Crippen LogP contribution in [-0.4, -0.2) is 50.4 Å². The molecule has 4 heteroatoms. The Morgan fingerprint density at radius 1 is 1.24 bits per heavy atom. The lowest BCUT2D eigenvalue weighted by molar-refractivity contribution is 0.00516. The highest BCUT2D eigenvalue weighted by molar-refractivity contribution is 5.27. The van der Waals surface area contributed by atoms with Crippen molar-refractivity contribution in [2.45, 2.75) is 32.3 Å². The quantitative estimate of drug-likeness (QED) is 0.746. The maximum atomic E-state index is 5.82. The maximum absolute atomic E-state index is 5.82. The average molecular weight is 292 g/mol. The van der Waals surface area contributed by atoms with Gasteiger partial charge in [0.05, 0.1) is 6.10 Å². The van der Waals surface area contributed by atoms with Crippen molar-refractivity contribution in [2.75, 3.05) is 39.4 Å². The van der Waals surface area contributed by atoms with Crippen LogP contribution in [0.1, 0.15) is 24.8 Å². The lowest BCUT2D eigenvalue weighted by Gasteiger charge is -2.31. The Morgan fingerprint density at radius 2 is 2.05 bits per heavy atom. The summed E-state index contributed by atoms with van der Waals surface area (Å²) in [6.07, 6.45) is 3.62. The second-order valence-corrected chi connectivity index (χ2v) is 5.72. The molecule has 0 aliphatic carbocycles. The number of rotatable bonds is 8. The molecule has 0 amide bonds. The molecule has 4 nitrogen and oxygen atoms in total. The highest BCUT2D eigenvalue weighted by Gasteiger charge is 2.19. The van der Waals surface area contributed by atoms with Crippen LogP contribution in [0, 0.1) is 6.92 Å². The molecule has 0 radical (unpaired) electrons. The van der Waals surface area contributed by atoms with E-state index in [1.807, 2.05) is 12.1 Å². The van der Waals surface area contributed by atoms with E-state index in [1.54, 1.807) is 0 Å². The number of nitrogens with two attached hydrogens (primary N) is 1. The van der Waals surface area contributed by atoms with E-state index in [1.165, 1.54) is 5.56 Å². The van der Waals surface area contributed by atoms with Gasteiger partial charge in [-0.05, 0) is 50.4 Å². The first-order chi connectivity index (χ1) is 10.3. The number of aryl methyl sites for hydroxylation is 1. The van der Waals surface area contributed by atoms with Crippen molar-refractivity contribution < 1.29 is 9.47 Å². The van der Waals surface area contributed by atoms with Crippen LogP contribution in [0.5, 0.6) is 5.75 Å². The summed E-state index contributed by atoms with van der Waals surface area (Å²) >= 11 is 0. The summed E-state index contributed by atoms with van der Waals surface area (Å²) in [6.45, 7) is 7.55. The Morgan fingerprint density at radius 3 is 2.76 bits per heavy atom. The monoisotopic (exact) mass is 292 g/mol. The van der Waals surface area contributed by atoms with E-state index in [4.69, 9.17) is 15.2 Å². The molecule has 1 saturated heterocycles. The third kappa shape index (κ3) is 6.04. The Bertz CT molecular complexity index is 404. The number of hydrogen-bond donors (Lipinski definition) is 1. The van der Waals surface area contributed by atoms with Crippen LogP contribution in [0.3, 0.4) is 0 Å². The van der Waals surface area contributed by atoms with Crippen LogP contribution in [0.2, 0.25) is 0 Å². The summed E-state index contributed by atoms with van der Waals surface area (Å²) < 4.78 is 11.6. The molecular weight excluding hydrogens is 264 g/mol. The SMILES string of the molecule is Cc1cccc(OCCN2CCC(OCCCN)CC2)c1. The van der Waals surface area contributed by atoms with Crippen molar-refractivity contribution >= 4 is 0 Å². The second-order valence-electron chi connectivity index (χ2n) is 5.72. The van der Waals surface area contributed by atoms with Gasteiger partial charge in [0.2, 0.25) is 0 Å². The van der Waals surface area contributed by atoms with Gasteiger partial charge in [0, 0.05) is 26.2 Å². The molecule has 1 aromatic carbocycles. The van der Waals surface area contributed by atoms with Crippen LogP contribution >= 0.6 is 0 Å². The largest absolute Gasteiger partial charge is 0.492 e. The van der Waals surface area contributed by atoms with Gasteiger partial charge in [0.1, 0.15) is 12.4 Å². The molecule has 1 fully saturated rings. The molecule has 0 atom stereocenters. The standard InChI is InChI=1S/C17H28N2O2/c1-15-4-2-5-17(14-15)21-13-11-19-9-6-16(7-10-19)20-12-3-8-18/h2,4-5,14,16H,3,6-13,18H2,1H3. The van der Waals surface area contributed by atoms with Crippen LogP contribution in [-0.2, 0) is 4.74 Å². The van der Waals surface area contributed by atoms with Gasteiger partial charge in [-0.1, -0.05) is 12.1 Å². The molecule has 1 aliphatic rings. The van der Waals surface area contributed by atoms with Gasteiger partial charge in [-0.3, -0.25) is 4.90 Å². The maximum Gasteiger partial charge on any atom is 0.119 e. The molecule has 1 heterocycles. The van der Waals surface area contributed by atoms with E-state index in [2.05, 4.69) is 24.0 Å². The van der Waals surface area contributed by atoms with Gasteiger partial charge < -0.3 is 15.2 Å². The Hall–Kier alpha value is -1.10. The number of nitrogens with zero attached hydrogens (tertiary/aromatic N) is 1. The van der Waals surface area contributed by atoms with E-state index < -0.39 is 0 Å². The number of hydrogen-bond acceptors (Lipinski definition) is 4. The minimum Gasteiger partial charge on any atom is -0.492 e. The number of benzene rings is 1. The van der Waals surface area contributed by atoms with Crippen LogP contribution in [0.4, 0.5) is 0 Å². The van der Waals surface area contributed by atoms with Crippen molar-refractivity contribution in [2.24, 2.45) is 5.73 Å². The zero-order valence-corrected chi connectivity index (χ0v) is 13.1. The summed E-state index contributed by atoms with van der Waals surface area (Å²) in [5.74, 6) is 0.968. The molecule has 0 aromatic heterocycles. The lowest BCUT2D eigenvalue weighted by atomic mass is 10.1. The zero-order chi connectivity index (χ0) is 14.9. The smallest absolute Gasteiger partial charge is 0.119 e. The molecule has 2 N–H and O–H groups in total. The third-order valence-electron chi connectivity index (χ3n) is 3.90. The lowest BCUT2D eigenvalue weighted by Crippen LogP contribution is -2.39.